The van der Waals surface area contributed by atoms with E-state index in [-0.39, 0.29) is 0 Å². The maximum Gasteiger partial charge on any atom is 0.164 e. The predicted molar refractivity (Wildman–Crippen MR) is 263 cm³/mol. The van der Waals surface area contributed by atoms with Crippen molar-refractivity contribution in [3.8, 4) is 113 Å². The summed E-state index contributed by atoms with van der Waals surface area (Å²) in [5.74, 6) is 3.48. The van der Waals surface area contributed by atoms with Crippen LogP contribution in [-0.2, 0) is 0 Å². The van der Waals surface area contributed by atoms with Crippen molar-refractivity contribution in [2.75, 3.05) is 0 Å². The van der Waals surface area contributed by atoms with Gasteiger partial charge in [0.1, 0.15) is 0 Å². The minimum atomic E-state index is 0.557. The molecule has 0 amide bonds. The number of hydrogen-bond donors (Lipinski definition) is 0. The van der Waals surface area contributed by atoms with Gasteiger partial charge in [0.15, 0.2) is 34.9 Å². The Bertz CT molecular complexity index is 3400. The molecule has 0 aliphatic rings. The fraction of sp³-hybridized carbons (Fsp3) is 0. The third kappa shape index (κ3) is 8.02. The molecule has 0 fully saturated rings. The van der Waals surface area contributed by atoms with Crippen LogP contribution >= 0.6 is 0 Å². The molecule has 0 radical (unpaired) electrons. The summed E-state index contributed by atoms with van der Waals surface area (Å²) in [4.78, 5) is 39.7. The Morgan fingerprint density at radius 1 is 0.227 bits per heavy atom. The molecule has 0 unspecified atom stereocenters. The lowest BCUT2D eigenvalue weighted by atomic mass is 9.86. The topological polar surface area (TPSA) is 103 Å². The highest BCUT2D eigenvalue weighted by Gasteiger charge is 2.21. The van der Waals surface area contributed by atoms with Crippen molar-refractivity contribution in [1.29, 1.82) is 0 Å². The maximum atomic E-state index is 5.19. The molecule has 4 aromatic heterocycles. The summed E-state index contributed by atoms with van der Waals surface area (Å²) in [7, 11) is 0. The molecule has 310 valence electrons. The zero-order valence-electron chi connectivity index (χ0n) is 35.5. The fourth-order valence-corrected chi connectivity index (χ4v) is 8.28. The van der Waals surface area contributed by atoms with E-state index >= 15 is 0 Å². The second-order valence-corrected chi connectivity index (χ2v) is 15.6. The van der Waals surface area contributed by atoms with Gasteiger partial charge in [0.05, 0.1) is 5.69 Å². The summed E-state index contributed by atoms with van der Waals surface area (Å²) in [5, 5.41) is 0. The number of aromatic nitrogens is 8. The number of hydrogen-bond acceptors (Lipinski definition) is 8. The number of rotatable bonds is 10. The average Bonchev–Trinajstić information content (AvgIpc) is 3.41. The molecule has 11 rings (SSSR count). The van der Waals surface area contributed by atoms with Crippen molar-refractivity contribution in [3.63, 3.8) is 0 Å². The highest BCUT2D eigenvalue weighted by atomic mass is 15.0. The molecule has 11 aromatic rings. The molecule has 8 heteroatoms. The fourth-order valence-electron chi connectivity index (χ4n) is 8.28. The van der Waals surface area contributed by atoms with Gasteiger partial charge in [-0.05, 0) is 63.7 Å². The molecule has 0 aliphatic carbocycles. The minimum Gasteiger partial charge on any atom is -0.265 e. The molecule has 0 bridgehead atoms. The zero-order valence-corrected chi connectivity index (χ0v) is 35.5. The van der Waals surface area contributed by atoms with Gasteiger partial charge in [-0.1, -0.05) is 182 Å². The molecular formula is C58H38N8. The summed E-state index contributed by atoms with van der Waals surface area (Å²) >= 11 is 0. The van der Waals surface area contributed by atoms with Crippen LogP contribution < -0.4 is 0 Å². The van der Waals surface area contributed by atoms with Gasteiger partial charge in [-0.25, -0.2) is 29.9 Å². The van der Waals surface area contributed by atoms with Crippen molar-refractivity contribution in [2.24, 2.45) is 0 Å². The van der Waals surface area contributed by atoms with Crippen LogP contribution in [0.25, 0.3) is 113 Å². The van der Waals surface area contributed by atoms with Crippen LogP contribution in [0.4, 0.5) is 0 Å². The molecule has 0 aliphatic heterocycles. The van der Waals surface area contributed by atoms with Crippen LogP contribution in [0.2, 0.25) is 0 Å². The molecule has 0 N–H and O–H groups in total. The largest absolute Gasteiger partial charge is 0.265 e. The molecule has 4 heterocycles. The van der Waals surface area contributed by atoms with E-state index in [1.54, 1.807) is 6.20 Å². The van der Waals surface area contributed by atoms with Crippen molar-refractivity contribution >= 4 is 0 Å². The summed E-state index contributed by atoms with van der Waals surface area (Å²) in [6, 6.07) is 71.5. The Labute approximate surface area is 382 Å². The Hall–Kier alpha value is -9.14. The zero-order chi connectivity index (χ0) is 44.1. The van der Waals surface area contributed by atoms with E-state index in [4.69, 9.17) is 29.9 Å². The monoisotopic (exact) mass is 846 g/mol. The van der Waals surface area contributed by atoms with Crippen LogP contribution in [0.3, 0.4) is 0 Å². The standard InChI is InChI=1S/C58H38N8/c1-4-18-40(19-5-1)53-61-54(41-20-6-2-7-21-41)64-57(63-53)49-28-12-10-26-46(49)48-31-17-30-45(52(48)39-33-36-59-37-34-39)43-24-16-25-44(38-43)56-62-55(42-22-8-3-9-23-42)65-58(66-56)50-29-13-11-27-47(50)51-32-14-15-35-60-51/h1-38H. The molecule has 0 saturated heterocycles. The van der Waals surface area contributed by atoms with Gasteiger partial charge in [0, 0.05) is 57.5 Å². The Morgan fingerprint density at radius 3 is 1.20 bits per heavy atom. The van der Waals surface area contributed by atoms with Gasteiger partial charge >= 0.3 is 0 Å². The van der Waals surface area contributed by atoms with E-state index in [2.05, 4.69) is 88.8 Å². The van der Waals surface area contributed by atoms with Gasteiger partial charge in [-0.3, -0.25) is 9.97 Å². The highest BCUT2D eigenvalue weighted by molar-refractivity contribution is 5.98. The quantitative estimate of drug-likeness (QED) is 0.134. The smallest absolute Gasteiger partial charge is 0.164 e. The highest BCUT2D eigenvalue weighted by Crippen LogP contribution is 2.44. The first-order valence-corrected chi connectivity index (χ1v) is 21.7. The van der Waals surface area contributed by atoms with Gasteiger partial charge in [-0.2, -0.15) is 0 Å². The van der Waals surface area contributed by atoms with Crippen molar-refractivity contribution < 1.29 is 0 Å². The van der Waals surface area contributed by atoms with E-state index < -0.39 is 0 Å². The second-order valence-electron chi connectivity index (χ2n) is 15.6. The maximum absolute atomic E-state index is 5.19. The summed E-state index contributed by atoms with van der Waals surface area (Å²) < 4.78 is 0. The Balaban J connectivity index is 1.08. The van der Waals surface area contributed by atoms with Gasteiger partial charge < -0.3 is 0 Å². The third-order valence-corrected chi connectivity index (χ3v) is 11.4. The van der Waals surface area contributed by atoms with Crippen LogP contribution in [0.1, 0.15) is 0 Å². The van der Waals surface area contributed by atoms with Crippen molar-refractivity contribution in [3.05, 3.63) is 231 Å². The first kappa shape index (κ1) is 39.7. The summed E-state index contributed by atoms with van der Waals surface area (Å²) in [6.45, 7) is 0. The molecule has 0 atom stereocenters. The lowest BCUT2D eigenvalue weighted by Gasteiger charge is -2.19. The van der Waals surface area contributed by atoms with Crippen LogP contribution in [0, 0.1) is 0 Å². The number of nitrogens with zero attached hydrogens (tertiary/aromatic N) is 8. The second kappa shape index (κ2) is 17.9. The van der Waals surface area contributed by atoms with E-state index in [0.29, 0.717) is 34.9 Å². The summed E-state index contributed by atoms with van der Waals surface area (Å²) in [5.41, 5.74) is 13.2. The first-order valence-electron chi connectivity index (χ1n) is 21.7. The normalized spacial score (nSPS) is 11.0. The summed E-state index contributed by atoms with van der Waals surface area (Å²) in [6.07, 6.45) is 5.47. The van der Waals surface area contributed by atoms with Crippen LogP contribution in [-0.4, -0.2) is 39.9 Å². The molecule has 8 nitrogen and oxygen atoms in total. The lowest BCUT2D eigenvalue weighted by Crippen LogP contribution is -2.02. The number of pyridine rings is 2. The van der Waals surface area contributed by atoms with E-state index in [1.165, 1.54) is 0 Å². The Kier molecular flexibility index (Phi) is 10.8. The average molecular weight is 847 g/mol. The van der Waals surface area contributed by atoms with Crippen molar-refractivity contribution in [1.82, 2.24) is 39.9 Å². The van der Waals surface area contributed by atoms with Gasteiger partial charge in [-0.15, -0.1) is 0 Å². The molecule has 66 heavy (non-hydrogen) atoms. The third-order valence-electron chi connectivity index (χ3n) is 11.4. The predicted octanol–water partition coefficient (Wildman–Crippen LogP) is 13.5. The van der Waals surface area contributed by atoms with E-state index in [1.807, 2.05) is 146 Å². The van der Waals surface area contributed by atoms with Gasteiger partial charge in [0.2, 0.25) is 0 Å². The minimum absolute atomic E-state index is 0.557. The SMILES string of the molecule is c1ccc(-c2nc(-c3cccc(-c4cccc(-c5ccccc5-c5nc(-c6ccccc6)nc(-c6ccccc6)n5)c4-c4ccncc4)c3)nc(-c3ccccc3-c3ccccn3)n2)cc1. The first-order chi connectivity index (χ1) is 32.7. The van der Waals surface area contributed by atoms with Gasteiger partial charge in [0.25, 0.3) is 0 Å². The molecule has 0 saturated carbocycles. The molecular weight excluding hydrogens is 809 g/mol. The van der Waals surface area contributed by atoms with Crippen molar-refractivity contribution in [2.45, 2.75) is 0 Å². The van der Waals surface area contributed by atoms with Crippen LogP contribution in [0.5, 0.6) is 0 Å². The number of benzene rings is 7. The van der Waals surface area contributed by atoms with E-state index in [0.717, 1.165) is 78.0 Å². The van der Waals surface area contributed by atoms with Crippen LogP contribution in [0.15, 0.2) is 231 Å². The molecule has 0 spiro atoms. The Morgan fingerprint density at radius 2 is 0.636 bits per heavy atom. The van der Waals surface area contributed by atoms with E-state index in [9.17, 15) is 0 Å². The lowest BCUT2D eigenvalue weighted by molar-refractivity contribution is 1.07. The molecule has 7 aromatic carbocycles.